The Morgan fingerprint density at radius 2 is 1.98 bits per heavy atom. The number of esters is 1. The molecule has 0 spiro atoms. The van der Waals surface area contributed by atoms with Crippen LogP contribution in [0.25, 0.3) is 22.3 Å². The molecule has 0 radical (unpaired) electrons. The van der Waals surface area contributed by atoms with E-state index in [1.807, 2.05) is 0 Å². The van der Waals surface area contributed by atoms with Crippen molar-refractivity contribution < 1.29 is 24.5 Å². The van der Waals surface area contributed by atoms with Crippen LogP contribution in [0.15, 0.2) is 16.9 Å². The van der Waals surface area contributed by atoms with E-state index in [0.29, 0.717) is 30.7 Å². The average molecular weight is 544 g/mol. The highest BCUT2D eigenvalue weighted by molar-refractivity contribution is 5.94. The van der Waals surface area contributed by atoms with E-state index in [1.54, 1.807) is 17.6 Å². The molecule has 2 atom stereocenters. The number of hydrogen-bond acceptors (Lipinski definition) is 7. The normalized spacial score (nSPS) is 23.6. The van der Waals surface area contributed by atoms with Crippen LogP contribution in [-0.2, 0) is 39.5 Å². The lowest BCUT2D eigenvalue weighted by Crippen LogP contribution is -2.49. The van der Waals surface area contributed by atoms with Crippen molar-refractivity contribution in [1.82, 2.24) is 14.9 Å². The maximum absolute atomic E-state index is 13.8. The van der Waals surface area contributed by atoms with E-state index in [1.165, 1.54) is 11.1 Å². The molecule has 0 bridgehead atoms. The van der Waals surface area contributed by atoms with E-state index in [0.717, 1.165) is 40.4 Å². The summed E-state index contributed by atoms with van der Waals surface area (Å²) in [5.74, 6) is -0.872. The van der Waals surface area contributed by atoms with Gasteiger partial charge in [0.1, 0.15) is 6.61 Å². The van der Waals surface area contributed by atoms with Gasteiger partial charge in [-0.05, 0) is 80.3 Å². The van der Waals surface area contributed by atoms with E-state index in [9.17, 15) is 24.6 Å². The molecule has 2 aromatic heterocycles. The molecule has 2 aliphatic carbocycles. The molecule has 3 aromatic rings. The zero-order valence-electron chi connectivity index (χ0n) is 23.0. The van der Waals surface area contributed by atoms with Crippen LogP contribution in [0.4, 0.5) is 0 Å². The van der Waals surface area contributed by atoms with Crippen molar-refractivity contribution in [2.45, 2.75) is 84.1 Å². The third-order valence-electron chi connectivity index (χ3n) is 10.1. The van der Waals surface area contributed by atoms with Gasteiger partial charge in [-0.3, -0.25) is 9.59 Å². The Balaban J connectivity index is 1.46. The molecule has 40 heavy (non-hydrogen) atoms. The highest BCUT2D eigenvalue weighted by Gasteiger charge is 2.47. The number of cyclic esters (lactones) is 1. The minimum atomic E-state index is -1.89. The van der Waals surface area contributed by atoms with Crippen molar-refractivity contribution in [3.05, 3.63) is 61.4 Å². The zero-order valence-corrected chi connectivity index (χ0v) is 23.0. The lowest BCUT2D eigenvalue weighted by Gasteiger charge is -2.40. The van der Waals surface area contributed by atoms with E-state index in [2.05, 4.69) is 25.2 Å². The van der Waals surface area contributed by atoms with Crippen molar-refractivity contribution in [2.24, 2.45) is 5.41 Å². The second kappa shape index (κ2) is 8.47. The van der Waals surface area contributed by atoms with Crippen LogP contribution in [-0.4, -0.2) is 38.2 Å². The number of benzene rings is 1. The molecule has 1 saturated carbocycles. The minimum Gasteiger partial charge on any atom is -0.458 e. The molecule has 4 aliphatic rings. The number of ether oxygens (including phenoxy) is 1. The minimum absolute atomic E-state index is 0.0769. The summed E-state index contributed by atoms with van der Waals surface area (Å²) in [7, 11) is 0. The Bertz CT molecular complexity index is 1710. The average Bonchev–Trinajstić information content (AvgIpc) is 3.28. The smallest absolute Gasteiger partial charge is 0.343 e. The van der Waals surface area contributed by atoms with Crippen molar-refractivity contribution in [3.8, 4) is 11.4 Å². The molecule has 2 aliphatic heterocycles. The molecular formula is C31H33N3O6. The fraction of sp³-hybridized carbons (Fsp3) is 0.484. The Labute approximate surface area is 231 Å². The first-order chi connectivity index (χ1) is 19.1. The van der Waals surface area contributed by atoms with Crippen molar-refractivity contribution in [3.63, 3.8) is 0 Å². The Hall–Kier alpha value is -3.56. The molecule has 9 heteroatoms. The zero-order chi connectivity index (χ0) is 28.1. The Morgan fingerprint density at radius 3 is 2.65 bits per heavy atom. The third kappa shape index (κ3) is 3.16. The quantitative estimate of drug-likeness (QED) is 0.337. The van der Waals surface area contributed by atoms with Crippen LogP contribution in [0.3, 0.4) is 0 Å². The molecule has 0 saturated heterocycles. The number of aromatic nitrogens is 2. The van der Waals surface area contributed by atoms with E-state index in [-0.39, 0.29) is 54.8 Å². The van der Waals surface area contributed by atoms with Crippen molar-refractivity contribution in [2.75, 3.05) is 6.61 Å². The first-order valence-electron chi connectivity index (χ1n) is 14.2. The maximum Gasteiger partial charge on any atom is 0.343 e. The van der Waals surface area contributed by atoms with Crippen LogP contribution >= 0.6 is 0 Å². The van der Waals surface area contributed by atoms with Crippen LogP contribution in [0, 0.1) is 19.3 Å². The van der Waals surface area contributed by atoms with Gasteiger partial charge in [-0.1, -0.05) is 13.3 Å². The number of hydrogen-bond donors (Lipinski definition) is 3. The lowest BCUT2D eigenvalue weighted by atomic mass is 9.68. The molecular weight excluding hydrogens is 510 g/mol. The summed E-state index contributed by atoms with van der Waals surface area (Å²) >= 11 is 0. The number of fused-ring (bicyclic) bond motifs is 5. The highest BCUT2D eigenvalue weighted by Crippen LogP contribution is 2.47. The molecule has 3 N–H and O–H groups in total. The van der Waals surface area contributed by atoms with Crippen LogP contribution in [0.5, 0.6) is 0 Å². The largest absolute Gasteiger partial charge is 0.458 e. The number of carbonyl (C=O) groups excluding carboxylic acids is 2. The second-order valence-corrected chi connectivity index (χ2v) is 12.0. The predicted molar refractivity (Wildman–Crippen MR) is 147 cm³/mol. The summed E-state index contributed by atoms with van der Waals surface area (Å²) in [5.41, 5.74) is 5.03. The van der Waals surface area contributed by atoms with Gasteiger partial charge >= 0.3 is 5.97 Å². The summed E-state index contributed by atoms with van der Waals surface area (Å²) in [6, 6.07) is 3.50. The monoisotopic (exact) mass is 543 g/mol. The van der Waals surface area contributed by atoms with E-state index < -0.39 is 17.0 Å². The molecule has 9 nitrogen and oxygen atoms in total. The molecule has 0 unspecified atom stereocenters. The fourth-order valence-corrected chi connectivity index (χ4v) is 7.25. The van der Waals surface area contributed by atoms with Crippen molar-refractivity contribution in [1.29, 1.82) is 0 Å². The fourth-order valence-electron chi connectivity index (χ4n) is 7.25. The molecule has 1 aromatic carbocycles. The van der Waals surface area contributed by atoms with Gasteiger partial charge in [0, 0.05) is 16.5 Å². The lowest BCUT2D eigenvalue weighted by molar-refractivity contribution is -0.172. The Kier molecular flexibility index (Phi) is 5.38. The van der Waals surface area contributed by atoms with Crippen molar-refractivity contribution >= 4 is 22.8 Å². The third-order valence-corrected chi connectivity index (χ3v) is 10.1. The number of rotatable bonds is 4. The van der Waals surface area contributed by atoms with E-state index in [4.69, 9.17) is 9.72 Å². The molecule has 1 amide bonds. The van der Waals surface area contributed by atoms with E-state index >= 15 is 0 Å². The molecule has 4 heterocycles. The number of pyridine rings is 2. The molecule has 7 rings (SSSR count). The summed E-state index contributed by atoms with van der Waals surface area (Å²) < 4.78 is 6.87. The maximum atomic E-state index is 13.8. The summed E-state index contributed by atoms with van der Waals surface area (Å²) in [4.78, 5) is 44.9. The summed E-state index contributed by atoms with van der Waals surface area (Å²) in [5, 5.41) is 25.6. The second-order valence-electron chi connectivity index (χ2n) is 12.0. The number of nitrogens with one attached hydrogen (secondary N) is 1. The van der Waals surface area contributed by atoms with Gasteiger partial charge in [0.25, 0.3) is 5.56 Å². The topological polar surface area (TPSA) is 131 Å². The molecule has 208 valence electrons. The first kappa shape index (κ1) is 25.4. The Morgan fingerprint density at radius 1 is 1.20 bits per heavy atom. The number of aliphatic hydroxyl groups is 2. The summed E-state index contributed by atoms with van der Waals surface area (Å²) in [6.07, 6.45) is 3.85. The number of aliphatic hydroxyl groups excluding tert-OH is 1. The summed E-state index contributed by atoms with van der Waals surface area (Å²) in [6.45, 7) is 5.79. The van der Waals surface area contributed by atoms with Gasteiger partial charge in [-0.15, -0.1) is 0 Å². The van der Waals surface area contributed by atoms with Gasteiger partial charge in [0.15, 0.2) is 5.60 Å². The number of aryl methyl sites for hydroxylation is 2. The van der Waals surface area contributed by atoms with Gasteiger partial charge in [0.05, 0.1) is 47.1 Å². The van der Waals surface area contributed by atoms with Gasteiger partial charge in [-0.25, -0.2) is 9.78 Å². The number of amides is 1. The standard InChI is InChI=1S/C31H33N3O6/c1-4-31(39)20-11-23-26-18(12-34(23)27(36)19(20)13-40-29(31)38)25-21(33-28(37)30(14-35)8-5-9-30)7-6-17-16(3)15(2)10-22(32-26)24(17)25/h10-11,21,35,39H,4-9,12-14H2,1-3H3,(H,33,37)/t21-,31+/m1/s1. The van der Waals surface area contributed by atoms with Crippen LogP contribution < -0.4 is 10.9 Å². The number of nitrogens with zero attached hydrogens (tertiary/aromatic N) is 2. The molecule has 1 fully saturated rings. The predicted octanol–water partition coefficient (Wildman–Crippen LogP) is 2.96. The highest BCUT2D eigenvalue weighted by atomic mass is 16.6. The number of carbonyl (C=O) groups is 2. The first-order valence-corrected chi connectivity index (χ1v) is 14.2. The van der Waals surface area contributed by atoms with Crippen LogP contribution in [0.2, 0.25) is 0 Å². The van der Waals surface area contributed by atoms with Gasteiger partial charge in [-0.2, -0.15) is 0 Å². The van der Waals surface area contributed by atoms with Crippen LogP contribution in [0.1, 0.15) is 84.0 Å². The van der Waals surface area contributed by atoms with Gasteiger partial charge < -0.3 is 24.8 Å². The van der Waals surface area contributed by atoms with Gasteiger partial charge in [0.2, 0.25) is 5.91 Å². The SMILES string of the molecule is CC[C@@]1(O)C(=O)OCc2c1cc1n(c2=O)Cc2c-1nc1cc(C)c(C)c3c1c2[C@H](NC(=O)C1(CO)CCC1)CC3.